The summed E-state index contributed by atoms with van der Waals surface area (Å²) in [5.74, 6) is 0. The van der Waals surface area contributed by atoms with Gasteiger partial charge in [-0.15, -0.1) is 0 Å². The van der Waals surface area contributed by atoms with Gasteiger partial charge in [0.2, 0.25) is 0 Å². The first kappa shape index (κ1) is 12.3. The van der Waals surface area contributed by atoms with Crippen LogP contribution in [0.25, 0.3) is 0 Å². The van der Waals surface area contributed by atoms with Gasteiger partial charge in [0.25, 0.3) is 9.05 Å². The third-order valence-electron chi connectivity index (χ3n) is 1.58. The average molecular weight is 263 g/mol. The Labute approximate surface area is 88.1 Å². The summed E-state index contributed by atoms with van der Waals surface area (Å²) in [6.45, 7) is 1.65. The van der Waals surface area contributed by atoms with E-state index in [0.717, 1.165) is 10.9 Å². The fourth-order valence-corrected chi connectivity index (χ4v) is 1.91. The minimum Gasteiger partial charge on any atom is -0.271 e. The molecule has 0 atom stereocenters. The topological polar surface area (TPSA) is 52.0 Å². The van der Waals surface area contributed by atoms with E-state index in [-0.39, 0.29) is 6.54 Å². The van der Waals surface area contributed by atoms with E-state index in [0.29, 0.717) is 0 Å². The average Bonchev–Trinajstić information content (AvgIpc) is 2.44. The van der Waals surface area contributed by atoms with Crippen molar-refractivity contribution in [3.05, 3.63) is 11.9 Å². The van der Waals surface area contributed by atoms with E-state index in [1.807, 2.05) is 0 Å². The first-order chi connectivity index (χ1) is 6.66. The lowest BCUT2D eigenvalue weighted by molar-refractivity contribution is -0.143. The van der Waals surface area contributed by atoms with Crippen LogP contribution in [0.2, 0.25) is 0 Å². The Hall–Kier alpha value is -0.760. The maximum Gasteiger partial charge on any atom is 0.436 e. The fourth-order valence-electron chi connectivity index (χ4n) is 0.940. The Morgan fingerprint density at radius 3 is 2.33 bits per heavy atom. The molecule has 0 amide bonds. The Bertz CT molecular complexity index is 465. The monoisotopic (exact) mass is 262 g/mol. The molecule has 0 saturated carbocycles. The van der Waals surface area contributed by atoms with Crippen LogP contribution in [0, 0.1) is 0 Å². The molecule has 1 aromatic heterocycles. The van der Waals surface area contributed by atoms with Gasteiger partial charge in [0, 0.05) is 23.4 Å². The summed E-state index contributed by atoms with van der Waals surface area (Å²) in [7, 11) is 0.422. The van der Waals surface area contributed by atoms with E-state index < -0.39 is 25.8 Å². The van der Waals surface area contributed by atoms with Gasteiger partial charge in [-0.3, -0.25) is 4.68 Å². The minimum atomic E-state index is -4.84. The molecular formula is C6H6ClF3N2O2S. The van der Waals surface area contributed by atoms with Crippen molar-refractivity contribution >= 4 is 19.7 Å². The minimum absolute atomic E-state index is 0.121. The van der Waals surface area contributed by atoms with Gasteiger partial charge in [0.05, 0.1) is 0 Å². The highest BCUT2D eigenvalue weighted by Gasteiger charge is 2.40. The fraction of sp³-hybridized carbons (Fsp3) is 0.500. The predicted octanol–water partition coefficient (Wildman–Crippen LogP) is 1.85. The standard InChI is InChI=1S/C6H6ClF3N2O2S/c1-2-12-3-4(15(7,13)14)5(11-12)6(8,9)10/h3H,2H2,1H3. The van der Waals surface area contributed by atoms with Gasteiger partial charge >= 0.3 is 6.18 Å². The molecule has 1 aromatic rings. The highest BCUT2D eigenvalue weighted by molar-refractivity contribution is 8.13. The molecule has 0 N–H and O–H groups in total. The molecule has 1 heterocycles. The molecule has 0 bridgehead atoms. The molecule has 0 radical (unpaired) electrons. The highest BCUT2D eigenvalue weighted by Crippen LogP contribution is 2.34. The second-order valence-electron chi connectivity index (χ2n) is 2.63. The number of rotatable bonds is 2. The van der Waals surface area contributed by atoms with Crippen molar-refractivity contribution in [2.75, 3.05) is 0 Å². The summed E-state index contributed by atoms with van der Waals surface area (Å²) in [5.41, 5.74) is -1.49. The summed E-state index contributed by atoms with van der Waals surface area (Å²) in [4.78, 5) is -1.02. The number of nitrogens with zero attached hydrogens (tertiary/aromatic N) is 2. The van der Waals surface area contributed by atoms with Crippen molar-refractivity contribution in [3.8, 4) is 0 Å². The summed E-state index contributed by atoms with van der Waals surface area (Å²) < 4.78 is 59.5. The maximum atomic E-state index is 12.3. The molecule has 0 aliphatic carbocycles. The van der Waals surface area contributed by atoms with Crippen LogP contribution < -0.4 is 0 Å². The van der Waals surface area contributed by atoms with E-state index in [2.05, 4.69) is 5.10 Å². The number of hydrogen-bond acceptors (Lipinski definition) is 3. The van der Waals surface area contributed by atoms with E-state index in [1.54, 1.807) is 0 Å². The molecule has 9 heteroatoms. The van der Waals surface area contributed by atoms with Crippen LogP contribution in [-0.2, 0) is 21.8 Å². The normalized spacial score (nSPS) is 13.1. The Balaban J connectivity index is 3.44. The smallest absolute Gasteiger partial charge is 0.271 e. The molecule has 15 heavy (non-hydrogen) atoms. The van der Waals surface area contributed by atoms with Crippen molar-refractivity contribution in [2.45, 2.75) is 24.5 Å². The SMILES string of the molecule is CCn1cc(S(=O)(=O)Cl)c(C(F)(F)F)n1. The third-order valence-corrected chi connectivity index (χ3v) is 2.91. The van der Waals surface area contributed by atoms with E-state index in [9.17, 15) is 21.6 Å². The van der Waals surface area contributed by atoms with Gasteiger partial charge < -0.3 is 0 Å². The molecule has 0 aliphatic heterocycles. The molecule has 86 valence electrons. The van der Waals surface area contributed by atoms with Crippen LogP contribution in [0.5, 0.6) is 0 Å². The lowest BCUT2D eigenvalue weighted by Crippen LogP contribution is -2.10. The third kappa shape index (κ3) is 2.63. The number of halogens is 4. The second-order valence-corrected chi connectivity index (χ2v) is 5.17. The van der Waals surface area contributed by atoms with Gasteiger partial charge in [0.1, 0.15) is 4.90 Å². The molecule has 0 unspecified atom stereocenters. The van der Waals surface area contributed by atoms with Gasteiger partial charge in [-0.1, -0.05) is 0 Å². The van der Waals surface area contributed by atoms with Crippen molar-refractivity contribution in [1.82, 2.24) is 9.78 Å². The number of aromatic nitrogens is 2. The van der Waals surface area contributed by atoms with Crippen molar-refractivity contribution in [1.29, 1.82) is 0 Å². The molecule has 0 fully saturated rings. The first-order valence-corrected chi connectivity index (χ1v) is 6.06. The molecule has 0 spiro atoms. The summed E-state index contributed by atoms with van der Waals surface area (Å²) in [6, 6.07) is 0. The molecule has 0 aliphatic rings. The summed E-state index contributed by atoms with van der Waals surface area (Å²) in [6.07, 6.45) is -4.08. The Morgan fingerprint density at radius 1 is 1.53 bits per heavy atom. The maximum absolute atomic E-state index is 12.3. The van der Waals surface area contributed by atoms with Crippen molar-refractivity contribution < 1.29 is 21.6 Å². The van der Waals surface area contributed by atoms with E-state index >= 15 is 0 Å². The Kier molecular flexibility index (Phi) is 3.01. The zero-order valence-electron chi connectivity index (χ0n) is 7.42. The zero-order chi connectivity index (χ0) is 11.9. The van der Waals surface area contributed by atoms with Crippen LogP contribution in [0.15, 0.2) is 11.1 Å². The van der Waals surface area contributed by atoms with Gasteiger partial charge in [-0.2, -0.15) is 18.3 Å². The molecule has 0 aromatic carbocycles. The number of alkyl halides is 3. The van der Waals surface area contributed by atoms with Crippen LogP contribution >= 0.6 is 10.7 Å². The van der Waals surface area contributed by atoms with Crippen LogP contribution in [0.4, 0.5) is 13.2 Å². The second kappa shape index (κ2) is 3.67. The van der Waals surface area contributed by atoms with Crippen molar-refractivity contribution in [2.24, 2.45) is 0 Å². The summed E-state index contributed by atoms with van der Waals surface area (Å²) in [5, 5.41) is 3.09. The van der Waals surface area contributed by atoms with E-state index in [1.165, 1.54) is 6.92 Å². The Morgan fingerprint density at radius 2 is 2.07 bits per heavy atom. The van der Waals surface area contributed by atoms with Crippen LogP contribution in [0.1, 0.15) is 12.6 Å². The molecular weight excluding hydrogens is 257 g/mol. The van der Waals surface area contributed by atoms with Gasteiger partial charge in [-0.05, 0) is 6.92 Å². The van der Waals surface area contributed by atoms with E-state index in [4.69, 9.17) is 10.7 Å². The molecule has 1 rings (SSSR count). The van der Waals surface area contributed by atoms with Gasteiger partial charge in [0.15, 0.2) is 5.69 Å². The van der Waals surface area contributed by atoms with Crippen LogP contribution in [-0.4, -0.2) is 18.2 Å². The molecule has 0 saturated heterocycles. The first-order valence-electron chi connectivity index (χ1n) is 3.75. The zero-order valence-corrected chi connectivity index (χ0v) is 8.99. The van der Waals surface area contributed by atoms with Crippen LogP contribution in [0.3, 0.4) is 0 Å². The van der Waals surface area contributed by atoms with Gasteiger partial charge in [-0.25, -0.2) is 8.42 Å². The number of aryl methyl sites for hydroxylation is 1. The van der Waals surface area contributed by atoms with Crippen molar-refractivity contribution in [3.63, 3.8) is 0 Å². The predicted molar refractivity (Wildman–Crippen MR) is 45.9 cm³/mol. The quantitative estimate of drug-likeness (QED) is 0.765. The highest BCUT2D eigenvalue weighted by atomic mass is 35.7. The largest absolute Gasteiger partial charge is 0.436 e. The summed E-state index contributed by atoms with van der Waals surface area (Å²) >= 11 is 0. The number of hydrogen-bond donors (Lipinski definition) is 0. The lowest BCUT2D eigenvalue weighted by Gasteiger charge is -2.02. The molecule has 4 nitrogen and oxygen atoms in total. The lowest BCUT2D eigenvalue weighted by atomic mass is 10.4.